The minimum Gasteiger partial charge on any atom is -0.306 e. The fourth-order valence-electron chi connectivity index (χ4n) is 4.22. The first-order chi connectivity index (χ1) is 11.2. The quantitative estimate of drug-likeness (QED) is 0.919. The van der Waals surface area contributed by atoms with E-state index in [1.165, 1.54) is 25.8 Å². The summed E-state index contributed by atoms with van der Waals surface area (Å²) in [6.07, 6.45) is 6.37. The number of hydrogen-bond acceptors (Lipinski definition) is 2. The molecule has 2 aliphatic rings. The van der Waals surface area contributed by atoms with Gasteiger partial charge in [-0.1, -0.05) is 19.1 Å². The number of imidazole rings is 1. The van der Waals surface area contributed by atoms with Crippen molar-refractivity contribution in [2.45, 2.75) is 45.1 Å². The van der Waals surface area contributed by atoms with E-state index in [-0.39, 0.29) is 5.69 Å². The molecule has 1 aliphatic heterocycles. The van der Waals surface area contributed by atoms with Gasteiger partial charge < -0.3 is 9.88 Å². The number of hydrogen-bond donors (Lipinski definition) is 1. The molecule has 4 heteroatoms. The first kappa shape index (κ1) is 15.0. The average Bonchev–Trinajstić information content (AvgIpc) is 3.15. The normalized spacial score (nSPS) is 26.0. The number of para-hydroxylation sites is 2. The second-order valence-electron chi connectivity index (χ2n) is 7.51. The maximum absolute atomic E-state index is 12.3. The monoisotopic (exact) mass is 313 g/mol. The van der Waals surface area contributed by atoms with Gasteiger partial charge in [0.25, 0.3) is 0 Å². The summed E-state index contributed by atoms with van der Waals surface area (Å²) in [6, 6.07) is 8.38. The van der Waals surface area contributed by atoms with Crippen LogP contribution in [-0.2, 0) is 0 Å². The Hall–Kier alpha value is -1.55. The number of likely N-dealkylation sites (tertiary alicyclic amines) is 1. The summed E-state index contributed by atoms with van der Waals surface area (Å²) < 4.78 is 1.98. The molecular weight excluding hydrogens is 286 g/mol. The maximum Gasteiger partial charge on any atom is 0.326 e. The molecule has 1 N–H and O–H groups in total. The highest BCUT2D eigenvalue weighted by Crippen LogP contribution is 2.41. The Labute approximate surface area is 137 Å². The third-order valence-corrected chi connectivity index (χ3v) is 5.87. The van der Waals surface area contributed by atoms with E-state index in [2.05, 4.69) is 22.9 Å². The van der Waals surface area contributed by atoms with Crippen LogP contribution in [0, 0.1) is 11.8 Å². The van der Waals surface area contributed by atoms with Gasteiger partial charge in [-0.3, -0.25) is 4.57 Å². The Morgan fingerprint density at radius 3 is 2.70 bits per heavy atom. The molecule has 23 heavy (non-hydrogen) atoms. The molecule has 2 atom stereocenters. The highest BCUT2D eigenvalue weighted by Gasteiger charge is 2.31. The van der Waals surface area contributed by atoms with E-state index in [1.807, 2.05) is 22.8 Å². The van der Waals surface area contributed by atoms with Crippen molar-refractivity contribution in [3.05, 3.63) is 34.7 Å². The zero-order valence-corrected chi connectivity index (χ0v) is 14.0. The number of piperidine rings is 1. The summed E-state index contributed by atoms with van der Waals surface area (Å²) in [7, 11) is 0. The number of aromatic nitrogens is 2. The first-order valence-electron chi connectivity index (χ1n) is 9.14. The number of H-pyrrole nitrogens is 1. The molecular formula is C19H27N3O. The molecule has 0 amide bonds. The Balaban J connectivity index is 1.35. The van der Waals surface area contributed by atoms with Crippen molar-refractivity contribution in [1.29, 1.82) is 0 Å². The van der Waals surface area contributed by atoms with Gasteiger partial charge in [0, 0.05) is 19.1 Å². The lowest BCUT2D eigenvalue weighted by molar-refractivity contribution is 0.183. The van der Waals surface area contributed by atoms with E-state index in [0.29, 0.717) is 6.04 Å². The number of benzene rings is 1. The molecule has 1 saturated carbocycles. The van der Waals surface area contributed by atoms with Gasteiger partial charge in [0.05, 0.1) is 11.0 Å². The topological polar surface area (TPSA) is 41.0 Å². The van der Waals surface area contributed by atoms with E-state index in [4.69, 9.17) is 0 Å². The van der Waals surface area contributed by atoms with Gasteiger partial charge in [0.2, 0.25) is 0 Å². The van der Waals surface area contributed by atoms with Crippen LogP contribution in [0.4, 0.5) is 0 Å². The smallest absolute Gasteiger partial charge is 0.306 e. The van der Waals surface area contributed by atoms with Crippen LogP contribution in [0.15, 0.2) is 29.1 Å². The summed E-state index contributed by atoms with van der Waals surface area (Å²) >= 11 is 0. The Kier molecular flexibility index (Phi) is 4.02. The van der Waals surface area contributed by atoms with Gasteiger partial charge in [-0.15, -0.1) is 0 Å². The third kappa shape index (κ3) is 3.09. The van der Waals surface area contributed by atoms with Crippen molar-refractivity contribution in [3.8, 4) is 0 Å². The molecule has 4 nitrogen and oxygen atoms in total. The van der Waals surface area contributed by atoms with Crippen LogP contribution in [-0.4, -0.2) is 34.1 Å². The highest BCUT2D eigenvalue weighted by atomic mass is 16.1. The molecule has 124 valence electrons. The largest absolute Gasteiger partial charge is 0.326 e. The lowest BCUT2D eigenvalue weighted by Crippen LogP contribution is -2.37. The van der Waals surface area contributed by atoms with E-state index in [9.17, 15) is 4.79 Å². The van der Waals surface area contributed by atoms with Crippen molar-refractivity contribution in [3.63, 3.8) is 0 Å². The predicted molar refractivity (Wildman–Crippen MR) is 93.8 cm³/mol. The number of nitrogens with one attached hydrogen (secondary N) is 1. The summed E-state index contributed by atoms with van der Waals surface area (Å²) in [5, 5.41) is 0. The van der Waals surface area contributed by atoms with Crippen LogP contribution in [0.2, 0.25) is 0 Å². The SMILES string of the molecule is CC1CC1CCCN1CCC(n2c(=O)[nH]c3ccccc32)CC1. The lowest BCUT2D eigenvalue weighted by atomic mass is 10.0. The van der Waals surface area contributed by atoms with Crippen molar-refractivity contribution in [2.24, 2.45) is 11.8 Å². The molecule has 1 aromatic carbocycles. The van der Waals surface area contributed by atoms with Gasteiger partial charge in [-0.25, -0.2) is 4.79 Å². The van der Waals surface area contributed by atoms with Crippen molar-refractivity contribution in [1.82, 2.24) is 14.5 Å². The zero-order chi connectivity index (χ0) is 15.8. The van der Waals surface area contributed by atoms with E-state index < -0.39 is 0 Å². The summed E-state index contributed by atoms with van der Waals surface area (Å²) in [5.74, 6) is 1.99. The minimum atomic E-state index is 0.0485. The van der Waals surface area contributed by atoms with Crippen LogP contribution in [0.5, 0.6) is 0 Å². The lowest BCUT2D eigenvalue weighted by Gasteiger charge is -2.32. The third-order valence-electron chi connectivity index (χ3n) is 5.87. The summed E-state index contributed by atoms with van der Waals surface area (Å²) in [5.41, 5.74) is 2.06. The molecule has 0 bridgehead atoms. The summed E-state index contributed by atoms with van der Waals surface area (Å²) in [6.45, 7) is 5.85. The molecule has 0 radical (unpaired) electrons. The molecule has 1 aliphatic carbocycles. The van der Waals surface area contributed by atoms with Gasteiger partial charge in [-0.05, 0) is 62.6 Å². The van der Waals surface area contributed by atoms with Crippen LogP contribution in [0.3, 0.4) is 0 Å². The number of aromatic amines is 1. The van der Waals surface area contributed by atoms with Crippen LogP contribution in [0.25, 0.3) is 11.0 Å². The van der Waals surface area contributed by atoms with Crippen molar-refractivity contribution in [2.75, 3.05) is 19.6 Å². The molecule has 1 aromatic heterocycles. The van der Waals surface area contributed by atoms with Crippen molar-refractivity contribution < 1.29 is 0 Å². The van der Waals surface area contributed by atoms with E-state index in [1.54, 1.807) is 0 Å². The minimum absolute atomic E-state index is 0.0485. The molecule has 2 heterocycles. The average molecular weight is 313 g/mol. The first-order valence-corrected chi connectivity index (χ1v) is 9.14. The Bertz CT molecular complexity index is 724. The molecule has 0 spiro atoms. The predicted octanol–water partition coefficient (Wildman–Crippen LogP) is 3.40. The zero-order valence-electron chi connectivity index (χ0n) is 14.0. The van der Waals surface area contributed by atoms with Gasteiger partial charge >= 0.3 is 5.69 Å². The molecule has 4 rings (SSSR count). The number of nitrogens with zero attached hydrogens (tertiary/aromatic N) is 2. The van der Waals surface area contributed by atoms with Gasteiger partial charge in [-0.2, -0.15) is 0 Å². The molecule has 2 fully saturated rings. The Morgan fingerprint density at radius 1 is 1.22 bits per heavy atom. The number of fused-ring (bicyclic) bond motifs is 1. The molecule has 2 unspecified atom stereocenters. The summed E-state index contributed by atoms with van der Waals surface area (Å²) in [4.78, 5) is 17.9. The Morgan fingerprint density at radius 2 is 1.96 bits per heavy atom. The second kappa shape index (κ2) is 6.16. The molecule has 2 aromatic rings. The van der Waals surface area contributed by atoms with Gasteiger partial charge in [0.1, 0.15) is 0 Å². The van der Waals surface area contributed by atoms with E-state index >= 15 is 0 Å². The van der Waals surface area contributed by atoms with Crippen molar-refractivity contribution >= 4 is 11.0 Å². The standard InChI is InChI=1S/C19H27N3O/c1-14-13-15(14)5-4-10-21-11-8-16(9-12-21)22-18-7-3-2-6-17(18)20-19(22)23/h2-3,6-7,14-16H,4-5,8-13H2,1H3,(H,20,23). The number of rotatable bonds is 5. The second-order valence-corrected chi connectivity index (χ2v) is 7.51. The maximum atomic E-state index is 12.3. The molecule has 1 saturated heterocycles. The van der Waals surface area contributed by atoms with Crippen LogP contribution < -0.4 is 5.69 Å². The van der Waals surface area contributed by atoms with Gasteiger partial charge in [0.15, 0.2) is 0 Å². The van der Waals surface area contributed by atoms with E-state index in [0.717, 1.165) is 48.8 Å². The van der Waals surface area contributed by atoms with Crippen LogP contribution in [0.1, 0.15) is 45.1 Å². The highest BCUT2D eigenvalue weighted by molar-refractivity contribution is 5.75. The fourth-order valence-corrected chi connectivity index (χ4v) is 4.22. The fraction of sp³-hybridized carbons (Fsp3) is 0.632. The van der Waals surface area contributed by atoms with Crippen LogP contribution >= 0.6 is 0 Å².